The normalized spacial score (nSPS) is 22.6. The highest BCUT2D eigenvalue weighted by Gasteiger charge is 2.39. The summed E-state index contributed by atoms with van der Waals surface area (Å²) in [5.74, 6) is -1.46. The number of carboxylic acid groups (broad SMARTS) is 1. The fourth-order valence-corrected chi connectivity index (χ4v) is 2.54. The molecule has 19 heavy (non-hydrogen) atoms. The van der Waals surface area contributed by atoms with Crippen LogP contribution in [0.5, 0.6) is 0 Å². The Hall–Kier alpha value is -1.40. The van der Waals surface area contributed by atoms with E-state index in [4.69, 9.17) is 5.11 Å². The van der Waals surface area contributed by atoms with Crippen molar-refractivity contribution in [2.75, 3.05) is 6.54 Å². The van der Waals surface area contributed by atoms with Gasteiger partial charge in [-0.1, -0.05) is 22.0 Å². The maximum atomic E-state index is 12.3. The van der Waals surface area contributed by atoms with Gasteiger partial charge < -0.3 is 15.1 Å². The van der Waals surface area contributed by atoms with E-state index in [2.05, 4.69) is 15.9 Å². The number of aryl methyl sites for hydroxylation is 1. The molecule has 0 radical (unpaired) electrons. The van der Waals surface area contributed by atoms with Crippen molar-refractivity contribution in [2.24, 2.45) is 0 Å². The average Bonchev–Trinajstić information content (AvgIpc) is 2.74. The molecule has 1 saturated heterocycles. The first kappa shape index (κ1) is 14.0. The van der Waals surface area contributed by atoms with Crippen molar-refractivity contribution in [1.29, 1.82) is 0 Å². The minimum Gasteiger partial charge on any atom is -0.480 e. The Kier molecular flexibility index (Phi) is 3.91. The summed E-state index contributed by atoms with van der Waals surface area (Å²) >= 11 is 3.34. The van der Waals surface area contributed by atoms with Gasteiger partial charge in [-0.05, 0) is 24.6 Å². The number of β-amino-alcohol motifs (C(OH)–C–C–N with tert-alkyl or cyclic N) is 1. The van der Waals surface area contributed by atoms with Gasteiger partial charge in [0.15, 0.2) is 0 Å². The number of benzene rings is 1. The molecule has 5 nitrogen and oxygen atoms in total. The largest absolute Gasteiger partial charge is 0.480 e. The molecule has 0 aromatic heterocycles. The highest BCUT2D eigenvalue weighted by atomic mass is 79.9. The summed E-state index contributed by atoms with van der Waals surface area (Å²) in [4.78, 5) is 24.6. The lowest BCUT2D eigenvalue weighted by Crippen LogP contribution is -2.40. The first-order chi connectivity index (χ1) is 8.90. The monoisotopic (exact) mass is 327 g/mol. The van der Waals surface area contributed by atoms with Crippen LogP contribution in [0.3, 0.4) is 0 Å². The van der Waals surface area contributed by atoms with Crippen LogP contribution < -0.4 is 0 Å². The molecule has 1 heterocycles. The predicted octanol–water partition coefficient (Wildman–Crippen LogP) is 1.42. The molecule has 2 N–H and O–H groups in total. The van der Waals surface area contributed by atoms with Gasteiger partial charge in [-0.15, -0.1) is 0 Å². The molecule has 0 bridgehead atoms. The van der Waals surface area contributed by atoms with E-state index in [1.807, 2.05) is 6.92 Å². The third-order valence-corrected chi connectivity index (χ3v) is 4.10. The number of hydrogen-bond donors (Lipinski definition) is 2. The van der Waals surface area contributed by atoms with Crippen LogP contribution in [0.25, 0.3) is 0 Å². The number of aliphatic carboxylic acids is 1. The molecule has 2 rings (SSSR count). The van der Waals surface area contributed by atoms with Crippen LogP contribution >= 0.6 is 15.9 Å². The molecule has 0 aliphatic carbocycles. The van der Waals surface area contributed by atoms with Crippen LogP contribution in [0.15, 0.2) is 22.7 Å². The van der Waals surface area contributed by atoms with Crippen LogP contribution in [0.4, 0.5) is 0 Å². The van der Waals surface area contributed by atoms with E-state index in [9.17, 15) is 14.7 Å². The van der Waals surface area contributed by atoms with Crippen molar-refractivity contribution in [1.82, 2.24) is 4.90 Å². The number of likely N-dealkylation sites (tertiary alicyclic amines) is 1. The number of aliphatic hydroxyl groups is 1. The zero-order valence-corrected chi connectivity index (χ0v) is 11.9. The molecule has 1 fully saturated rings. The lowest BCUT2D eigenvalue weighted by Gasteiger charge is -2.21. The third kappa shape index (κ3) is 2.79. The smallest absolute Gasteiger partial charge is 0.326 e. The number of hydrogen-bond acceptors (Lipinski definition) is 3. The van der Waals surface area contributed by atoms with Gasteiger partial charge >= 0.3 is 5.97 Å². The van der Waals surface area contributed by atoms with Crippen molar-refractivity contribution in [3.05, 3.63) is 33.8 Å². The Morgan fingerprint density at radius 3 is 2.68 bits per heavy atom. The highest BCUT2D eigenvalue weighted by molar-refractivity contribution is 9.10. The standard InChI is InChI=1S/C13H14BrNO4/c1-7-2-3-8(4-10(7)14)12(17)15-6-9(16)5-11(15)13(18)19/h2-4,9,11,16H,5-6H2,1H3,(H,18,19)/t9-,11-/m1/s1. The zero-order chi connectivity index (χ0) is 14.2. The SMILES string of the molecule is Cc1ccc(C(=O)N2C[C@H](O)C[C@@H]2C(=O)O)cc1Br. The maximum absolute atomic E-state index is 12.3. The molecule has 6 heteroatoms. The summed E-state index contributed by atoms with van der Waals surface area (Å²) in [6.07, 6.45) is -0.701. The first-order valence-electron chi connectivity index (χ1n) is 5.88. The van der Waals surface area contributed by atoms with Gasteiger partial charge in [0, 0.05) is 23.0 Å². The molecule has 1 aliphatic rings. The molecule has 1 amide bonds. The van der Waals surface area contributed by atoms with Crippen LogP contribution in [0, 0.1) is 6.92 Å². The first-order valence-corrected chi connectivity index (χ1v) is 6.67. The van der Waals surface area contributed by atoms with Gasteiger partial charge in [-0.3, -0.25) is 4.79 Å². The molecule has 102 valence electrons. The predicted molar refractivity (Wildman–Crippen MR) is 72.0 cm³/mol. The second-order valence-corrected chi connectivity index (χ2v) is 5.52. The van der Waals surface area contributed by atoms with Gasteiger partial charge in [0.25, 0.3) is 5.91 Å². The molecule has 1 aliphatic heterocycles. The van der Waals surface area contributed by atoms with Crippen molar-refractivity contribution >= 4 is 27.8 Å². The summed E-state index contributed by atoms with van der Waals surface area (Å²) < 4.78 is 0.796. The fraction of sp³-hybridized carbons (Fsp3) is 0.385. The number of aliphatic hydroxyl groups excluding tert-OH is 1. The van der Waals surface area contributed by atoms with E-state index in [1.54, 1.807) is 18.2 Å². The topological polar surface area (TPSA) is 77.8 Å². The Labute approximate surface area is 119 Å². The second-order valence-electron chi connectivity index (χ2n) is 4.67. The molecular weight excluding hydrogens is 314 g/mol. The van der Waals surface area contributed by atoms with Gasteiger partial charge in [0.2, 0.25) is 0 Å². The summed E-state index contributed by atoms with van der Waals surface area (Å²) in [5.41, 5.74) is 1.41. The molecule has 0 spiro atoms. The molecule has 0 unspecified atom stereocenters. The lowest BCUT2D eigenvalue weighted by atomic mass is 10.1. The van der Waals surface area contributed by atoms with E-state index < -0.39 is 18.1 Å². The summed E-state index contributed by atoms with van der Waals surface area (Å²) in [5, 5.41) is 18.6. The molecule has 2 atom stereocenters. The summed E-state index contributed by atoms with van der Waals surface area (Å²) in [6.45, 7) is 1.96. The molecule has 0 saturated carbocycles. The van der Waals surface area contributed by atoms with Gasteiger partial charge in [0.1, 0.15) is 6.04 Å². The van der Waals surface area contributed by atoms with Gasteiger partial charge in [0.05, 0.1) is 6.10 Å². The van der Waals surface area contributed by atoms with Crippen LogP contribution in [0.1, 0.15) is 22.3 Å². The fourth-order valence-electron chi connectivity index (χ4n) is 2.16. The minimum absolute atomic E-state index is 0.0568. The third-order valence-electron chi connectivity index (χ3n) is 3.24. The van der Waals surface area contributed by atoms with Crippen molar-refractivity contribution < 1.29 is 19.8 Å². The highest BCUT2D eigenvalue weighted by Crippen LogP contribution is 2.23. The summed E-state index contributed by atoms with van der Waals surface area (Å²) in [6, 6.07) is 4.16. The molecular formula is C13H14BrNO4. The van der Waals surface area contributed by atoms with E-state index in [0.717, 1.165) is 10.0 Å². The van der Waals surface area contributed by atoms with Crippen molar-refractivity contribution in [2.45, 2.75) is 25.5 Å². The Balaban J connectivity index is 2.27. The Morgan fingerprint density at radius 2 is 2.11 bits per heavy atom. The number of halogens is 1. The van der Waals surface area contributed by atoms with Crippen molar-refractivity contribution in [3.8, 4) is 0 Å². The Bertz CT molecular complexity index is 531. The number of nitrogens with zero attached hydrogens (tertiary/aromatic N) is 1. The molecule has 1 aromatic carbocycles. The number of carbonyl (C=O) groups excluding carboxylic acids is 1. The second kappa shape index (κ2) is 5.30. The number of amides is 1. The minimum atomic E-state index is -1.09. The maximum Gasteiger partial charge on any atom is 0.326 e. The number of carbonyl (C=O) groups is 2. The van der Waals surface area contributed by atoms with Crippen molar-refractivity contribution in [3.63, 3.8) is 0 Å². The quantitative estimate of drug-likeness (QED) is 0.861. The number of rotatable bonds is 2. The zero-order valence-electron chi connectivity index (χ0n) is 10.3. The van der Waals surface area contributed by atoms with E-state index in [0.29, 0.717) is 5.56 Å². The Morgan fingerprint density at radius 1 is 1.42 bits per heavy atom. The van der Waals surface area contributed by atoms with E-state index >= 15 is 0 Å². The van der Waals surface area contributed by atoms with E-state index in [1.165, 1.54) is 4.90 Å². The van der Waals surface area contributed by atoms with Crippen LogP contribution in [-0.2, 0) is 4.79 Å². The van der Waals surface area contributed by atoms with Gasteiger partial charge in [-0.2, -0.15) is 0 Å². The van der Waals surface area contributed by atoms with Gasteiger partial charge in [-0.25, -0.2) is 4.79 Å². The van der Waals surface area contributed by atoms with Crippen LogP contribution in [-0.4, -0.2) is 45.7 Å². The van der Waals surface area contributed by atoms with E-state index in [-0.39, 0.29) is 18.9 Å². The average molecular weight is 328 g/mol. The van der Waals surface area contributed by atoms with Crippen LogP contribution in [0.2, 0.25) is 0 Å². The number of carboxylic acids is 1. The lowest BCUT2D eigenvalue weighted by molar-refractivity contribution is -0.141. The summed E-state index contributed by atoms with van der Waals surface area (Å²) in [7, 11) is 0. The molecule has 1 aromatic rings.